The molecule has 0 aromatic heterocycles. The molecule has 1 atom stereocenters. The van der Waals surface area contributed by atoms with Crippen molar-refractivity contribution in [2.24, 2.45) is 5.73 Å². The van der Waals surface area contributed by atoms with Crippen molar-refractivity contribution in [2.75, 3.05) is 20.3 Å². The fraction of sp³-hybridized carbons (Fsp3) is 0.556. The highest BCUT2D eigenvalue weighted by atomic mass is 19.2. The van der Waals surface area contributed by atoms with Gasteiger partial charge in [-0.3, -0.25) is 0 Å². The van der Waals surface area contributed by atoms with E-state index in [4.69, 9.17) is 15.2 Å². The molecule has 2 N–H and O–H groups in total. The van der Waals surface area contributed by atoms with Crippen LogP contribution in [0.5, 0.6) is 0 Å². The van der Waals surface area contributed by atoms with E-state index >= 15 is 0 Å². The maximum atomic E-state index is 13.6. The summed E-state index contributed by atoms with van der Waals surface area (Å²) in [6.07, 6.45) is 4.61. The largest absolute Gasteiger partial charge is 0.399 e. The van der Waals surface area contributed by atoms with Crippen molar-refractivity contribution in [3.63, 3.8) is 0 Å². The van der Waals surface area contributed by atoms with E-state index in [2.05, 4.69) is 0 Å². The molecule has 0 aromatic rings. The van der Waals surface area contributed by atoms with Crippen LogP contribution < -0.4 is 5.73 Å². The molecule has 0 spiro atoms. The Balaban J connectivity index is 2.37. The molecule has 0 amide bonds. The quantitative estimate of drug-likeness (QED) is 0.671. The Hall–Kier alpha value is -0.870. The highest BCUT2D eigenvalue weighted by Crippen LogP contribution is 2.24. The van der Waals surface area contributed by atoms with Crippen LogP contribution in [-0.2, 0) is 9.47 Å². The number of hydrogen-bond acceptors (Lipinski definition) is 3. The lowest BCUT2D eigenvalue weighted by atomic mass is 10.1. The molecule has 1 unspecified atom stereocenters. The third-order valence-electron chi connectivity index (χ3n) is 1.77. The number of alkyl halides is 1. The number of rotatable bonds is 4. The second kappa shape index (κ2) is 4.39. The summed E-state index contributed by atoms with van der Waals surface area (Å²) < 4.78 is 23.3. The van der Waals surface area contributed by atoms with Crippen LogP contribution in [0.25, 0.3) is 0 Å². The van der Waals surface area contributed by atoms with Crippen LogP contribution in [-0.4, -0.2) is 26.2 Å². The van der Waals surface area contributed by atoms with Crippen molar-refractivity contribution in [3.05, 3.63) is 23.9 Å². The molecule has 0 saturated heterocycles. The first-order chi connectivity index (χ1) is 6.16. The summed E-state index contributed by atoms with van der Waals surface area (Å²) in [5.74, 6) is -1.71. The minimum atomic E-state index is -1.71. The monoisotopic (exact) mass is 187 g/mol. The van der Waals surface area contributed by atoms with Crippen LogP contribution >= 0.6 is 0 Å². The van der Waals surface area contributed by atoms with Gasteiger partial charge < -0.3 is 15.2 Å². The number of methoxy groups -OCH3 is 1. The van der Waals surface area contributed by atoms with Crippen LogP contribution in [0, 0.1) is 0 Å². The molecule has 13 heavy (non-hydrogen) atoms. The Morgan fingerprint density at radius 1 is 1.62 bits per heavy atom. The lowest BCUT2D eigenvalue weighted by molar-refractivity contribution is -0.115. The molecule has 74 valence electrons. The van der Waals surface area contributed by atoms with Gasteiger partial charge in [0.2, 0.25) is 5.85 Å². The zero-order valence-electron chi connectivity index (χ0n) is 7.63. The summed E-state index contributed by atoms with van der Waals surface area (Å²) in [4.78, 5) is 0. The fourth-order valence-electron chi connectivity index (χ4n) is 1.02. The van der Waals surface area contributed by atoms with E-state index < -0.39 is 5.85 Å². The van der Waals surface area contributed by atoms with Gasteiger partial charge >= 0.3 is 0 Å². The maximum absolute atomic E-state index is 13.6. The number of allylic oxidation sites excluding steroid dienone is 1. The molecule has 1 aliphatic carbocycles. The van der Waals surface area contributed by atoms with Gasteiger partial charge in [-0.1, -0.05) is 6.08 Å². The van der Waals surface area contributed by atoms with Crippen molar-refractivity contribution in [3.8, 4) is 0 Å². The third-order valence-corrected chi connectivity index (χ3v) is 1.77. The summed E-state index contributed by atoms with van der Waals surface area (Å²) in [5.41, 5.74) is 6.01. The van der Waals surface area contributed by atoms with E-state index in [9.17, 15) is 4.39 Å². The van der Waals surface area contributed by atoms with Crippen molar-refractivity contribution in [2.45, 2.75) is 12.3 Å². The zero-order valence-corrected chi connectivity index (χ0v) is 7.63. The molecule has 0 saturated carbocycles. The molecule has 0 radical (unpaired) electrons. The number of halogens is 1. The van der Waals surface area contributed by atoms with Gasteiger partial charge in [-0.05, 0) is 12.2 Å². The Kier molecular flexibility index (Phi) is 3.45. The number of nitrogens with two attached hydrogens (primary N) is 1. The molecule has 1 aliphatic rings. The smallest absolute Gasteiger partial charge is 0.232 e. The second-order valence-electron chi connectivity index (χ2n) is 2.87. The summed E-state index contributed by atoms with van der Waals surface area (Å²) in [7, 11) is 1.54. The lowest BCUT2D eigenvalue weighted by Gasteiger charge is -2.23. The van der Waals surface area contributed by atoms with Gasteiger partial charge in [0, 0.05) is 19.2 Å². The first kappa shape index (κ1) is 10.2. The summed E-state index contributed by atoms with van der Waals surface area (Å²) in [6, 6.07) is 0. The van der Waals surface area contributed by atoms with E-state index in [0.717, 1.165) is 0 Å². The molecule has 3 nitrogen and oxygen atoms in total. The molecular weight excluding hydrogens is 173 g/mol. The van der Waals surface area contributed by atoms with Crippen LogP contribution in [0.3, 0.4) is 0 Å². The predicted octanol–water partition coefficient (Wildman–Crippen LogP) is 1.12. The Morgan fingerprint density at radius 3 is 2.92 bits per heavy atom. The Bertz CT molecular complexity index is 228. The van der Waals surface area contributed by atoms with Crippen molar-refractivity contribution >= 4 is 0 Å². The summed E-state index contributed by atoms with van der Waals surface area (Å²) in [6.45, 7) is 0.629. The average Bonchev–Trinajstić information content (AvgIpc) is 2.12. The summed E-state index contributed by atoms with van der Waals surface area (Å²) >= 11 is 0. The Morgan fingerprint density at radius 2 is 2.38 bits per heavy atom. The minimum absolute atomic E-state index is 0.166. The van der Waals surface area contributed by atoms with Crippen molar-refractivity contribution in [1.82, 2.24) is 0 Å². The van der Waals surface area contributed by atoms with Gasteiger partial charge in [-0.25, -0.2) is 4.39 Å². The van der Waals surface area contributed by atoms with Gasteiger partial charge in [0.1, 0.15) is 0 Å². The molecular formula is C9H14FNO2. The summed E-state index contributed by atoms with van der Waals surface area (Å²) in [5, 5.41) is 0. The minimum Gasteiger partial charge on any atom is -0.399 e. The van der Waals surface area contributed by atoms with Gasteiger partial charge in [0.25, 0.3) is 0 Å². The lowest BCUT2D eigenvalue weighted by Crippen LogP contribution is -2.27. The van der Waals surface area contributed by atoms with Crippen LogP contribution in [0.15, 0.2) is 23.9 Å². The zero-order chi connectivity index (χ0) is 9.73. The molecule has 0 heterocycles. The van der Waals surface area contributed by atoms with Gasteiger partial charge in [-0.15, -0.1) is 0 Å². The first-order valence-corrected chi connectivity index (χ1v) is 4.13. The van der Waals surface area contributed by atoms with E-state index in [-0.39, 0.29) is 13.0 Å². The van der Waals surface area contributed by atoms with Gasteiger partial charge in [0.15, 0.2) is 0 Å². The molecule has 4 heteroatoms. The van der Waals surface area contributed by atoms with E-state index in [1.807, 2.05) is 0 Å². The van der Waals surface area contributed by atoms with Gasteiger partial charge in [0.05, 0.1) is 13.2 Å². The average molecular weight is 187 g/mol. The van der Waals surface area contributed by atoms with Gasteiger partial charge in [-0.2, -0.15) is 0 Å². The Labute approximate surface area is 77.0 Å². The highest BCUT2D eigenvalue weighted by molar-refractivity contribution is 5.23. The van der Waals surface area contributed by atoms with Crippen molar-refractivity contribution in [1.29, 1.82) is 0 Å². The van der Waals surface area contributed by atoms with E-state index in [1.54, 1.807) is 13.2 Å². The first-order valence-electron chi connectivity index (χ1n) is 4.13. The molecule has 0 fully saturated rings. The molecule has 0 aliphatic heterocycles. The van der Waals surface area contributed by atoms with E-state index in [1.165, 1.54) is 12.2 Å². The van der Waals surface area contributed by atoms with Crippen molar-refractivity contribution < 1.29 is 13.9 Å². The molecule has 1 rings (SSSR count). The molecule has 0 aromatic carbocycles. The van der Waals surface area contributed by atoms with Crippen LogP contribution in [0.2, 0.25) is 0 Å². The fourth-order valence-corrected chi connectivity index (χ4v) is 1.02. The predicted molar refractivity (Wildman–Crippen MR) is 47.7 cm³/mol. The normalized spacial score (nSPS) is 27.4. The maximum Gasteiger partial charge on any atom is 0.232 e. The van der Waals surface area contributed by atoms with E-state index in [0.29, 0.717) is 12.3 Å². The third kappa shape index (κ3) is 3.16. The molecule has 0 bridgehead atoms. The van der Waals surface area contributed by atoms with Crippen LogP contribution in [0.4, 0.5) is 4.39 Å². The number of ether oxygens (including phenoxy) is 2. The van der Waals surface area contributed by atoms with Crippen LogP contribution in [0.1, 0.15) is 6.42 Å². The standard InChI is InChI=1S/C9H14FNO2/c1-12-6-7-13-9(10)4-2-8(11)3-5-9/h2-4H,5-7,11H2,1H3. The SMILES string of the molecule is COCCOC1(F)C=CC(N)=CC1. The highest BCUT2D eigenvalue weighted by Gasteiger charge is 2.27. The number of hydrogen-bond donors (Lipinski definition) is 1. The topological polar surface area (TPSA) is 44.5 Å². The second-order valence-corrected chi connectivity index (χ2v) is 2.87.